The smallest absolute Gasteiger partial charge is 0.337 e. The Morgan fingerprint density at radius 1 is 1.05 bits per heavy atom. The maximum absolute atomic E-state index is 14.3. The first-order valence-corrected chi connectivity index (χ1v) is 14.8. The van der Waals surface area contributed by atoms with Gasteiger partial charge in [0.15, 0.2) is 0 Å². The fraction of sp³-hybridized carbons (Fsp3) is 0.515. The van der Waals surface area contributed by atoms with Crippen molar-refractivity contribution in [1.82, 2.24) is 9.47 Å². The van der Waals surface area contributed by atoms with Crippen LogP contribution >= 0.6 is 0 Å². The van der Waals surface area contributed by atoms with Crippen LogP contribution in [0.5, 0.6) is 0 Å². The third-order valence-corrected chi connectivity index (χ3v) is 9.93. The molecule has 2 atom stereocenters. The number of fused-ring (bicyclic) bond motifs is 7. The van der Waals surface area contributed by atoms with Crippen LogP contribution in [0, 0.1) is 5.41 Å². The van der Waals surface area contributed by atoms with Crippen LogP contribution in [0.3, 0.4) is 0 Å². The van der Waals surface area contributed by atoms with Crippen LogP contribution < -0.4 is 0 Å². The molecule has 7 rings (SSSR count). The molecule has 6 heteroatoms. The Hall–Kier alpha value is -3.12. The summed E-state index contributed by atoms with van der Waals surface area (Å²) in [5.41, 5.74) is 7.80. The SMILES string of the molecule is CCc1ccc2c(c1)C1CC1(C(=O)N1CCOCC1)Cn1c-2c(C2CCCCC2)c2ccc(C(=O)OC)cc21. The number of rotatable bonds is 4. The van der Waals surface area contributed by atoms with Crippen LogP contribution in [0.2, 0.25) is 0 Å². The van der Waals surface area contributed by atoms with Crippen molar-refractivity contribution in [3.05, 3.63) is 58.7 Å². The predicted molar refractivity (Wildman–Crippen MR) is 151 cm³/mol. The second-order valence-corrected chi connectivity index (χ2v) is 12.0. The Bertz CT molecular complexity index is 1460. The van der Waals surface area contributed by atoms with Crippen molar-refractivity contribution >= 4 is 22.8 Å². The molecule has 3 fully saturated rings. The molecule has 3 heterocycles. The molecule has 0 radical (unpaired) electrons. The van der Waals surface area contributed by atoms with Crippen LogP contribution in [0.4, 0.5) is 0 Å². The molecule has 1 aromatic heterocycles. The van der Waals surface area contributed by atoms with E-state index in [1.54, 1.807) is 0 Å². The average molecular weight is 527 g/mol. The molecule has 204 valence electrons. The fourth-order valence-electron chi connectivity index (χ4n) is 7.77. The molecular formula is C33H38N2O4. The molecule has 2 aromatic carbocycles. The van der Waals surface area contributed by atoms with Gasteiger partial charge in [-0.2, -0.15) is 0 Å². The Kier molecular flexibility index (Phi) is 6.07. The van der Waals surface area contributed by atoms with Crippen LogP contribution in [0.25, 0.3) is 22.2 Å². The summed E-state index contributed by atoms with van der Waals surface area (Å²) in [6, 6.07) is 13.0. The zero-order chi connectivity index (χ0) is 26.7. The van der Waals surface area contributed by atoms with E-state index >= 15 is 0 Å². The Morgan fingerprint density at radius 3 is 2.59 bits per heavy atom. The summed E-state index contributed by atoms with van der Waals surface area (Å²) in [7, 11) is 1.44. The molecule has 4 aliphatic rings. The molecule has 0 N–H and O–H groups in total. The molecular weight excluding hydrogens is 488 g/mol. The largest absolute Gasteiger partial charge is 0.465 e. The van der Waals surface area contributed by atoms with Crippen LogP contribution in [0.15, 0.2) is 36.4 Å². The minimum absolute atomic E-state index is 0.215. The van der Waals surface area contributed by atoms with Gasteiger partial charge in [-0.15, -0.1) is 0 Å². The second kappa shape index (κ2) is 9.51. The molecule has 2 aliphatic carbocycles. The maximum Gasteiger partial charge on any atom is 0.337 e. The number of carbonyl (C=O) groups excluding carboxylic acids is 2. The van der Waals surface area contributed by atoms with Crippen molar-refractivity contribution < 1.29 is 19.1 Å². The van der Waals surface area contributed by atoms with E-state index in [0.29, 0.717) is 44.3 Å². The van der Waals surface area contributed by atoms with Gasteiger partial charge >= 0.3 is 5.97 Å². The second-order valence-electron chi connectivity index (χ2n) is 12.0. The Balaban J connectivity index is 1.48. The van der Waals surface area contributed by atoms with Crippen molar-refractivity contribution in [3.63, 3.8) is 0 Å². The van der Waals surface area contributed by atoms with Gasteiger partial charge in [0.1, 0.15) is 0 Å². The summed E-state index contributed by atoms with van der Waals surface area (Å²) in [5, 5.41) is 1.23. The minimum Gasteiger partial charge on any atom is -0.465 e. The number of hydrogen-bond acceptors (Lipinski definition) is 4. The van der Waals surface area contributed by atoms with Crippen LogP contribution in [-0.2, 0) is 27.2 Å². The third-order valence-electron chi connectivity index (χ3n) is 9.93. The van der Waals surface area contributed by atoms with Gasteiger partial charge in [0.25, 0.3) is 0 Å². The summed E-state index contributed by atoms with van der Waals surface area (Å²) < 4.78 is 13.1. The number of benzene rings is 2. The predicted octanol–water partition coefficient (Wildman–Crippen LogP) is 6.05. The summed E-state index contributed by atoms with van der Waals surface area (Å²) in [4.78, 5) is 28.9. The van der Waals surface area contributed by atoms with Crippen molar-refractivity contribution in [1.29, 1.82) is 0 Å². The standard InChI is InChI=1S/C33H38N2O4/c1-3-21-9-11-24-26(17-21)27-19-33(27,32(37)34-13-15-39-16-14-34)20-35-28-18-23(31(36)38-2)10-12-25(28)29(30(24)35)22-7-5-4-6-8-22/h9-12,17-18,22,27H,3-8,13-16,19-20H2,1-2H3. The number of ether oxygens (including phenoxy) is 2. The lowest BCUT2D eigenvalue weighted by Gasteiger charge is -2.31. The zero-order valence-corrected chi connectivity index (χ0v) is 23.1. The number of aromatic nitrogens is 1. The highest BCUT2D eigenvalue weighted by atomic mass is 16.5. The van der Waals surface area contributed by atoms with Crippen LogP contribution in [-0.4, -0.2) is 54.8 Å². The first kappa shape index (κ1) is 24.9. The van der Waals surface area contributed by atoms with Crippen molar-refractivity contribution in [2.45, 2.75) is 70.3 Å². The molecule has 1 saturated heterocycles. The van der Waals surface area contributed by atoms with Gasteiger partial charge in [-0.25, -0.2) is 4.79 Å². The van der Waals surface area contributed by atoms with Gasteiger partial charge in [0.2, 0.25) is 5.91 Å². The molecule has 2 saturated carbocycles. The Morgan fingerprint density at radius 2 is 1.85 bits per heavy atom. The molecule has 39 heavy (non-hydrogen) atoms. The van der Waals surface area contributed by atoms with Gasteiger partial charge in [0.05, 0.1) is 37.0 Å². The molecule has 1 amide bonds. The number of esters is 1. The number of carbonyl (C=O) groups is 2. The number of amides is 1. The first-order valence-electron chi connectivity index (χ1n) is 14.8. The number of hydrogen-bond donors (Lipinski definition) is 0. The highest BCUT2D eigenvalue weighted by Gasteiger charge is 2.63. The number of methoxy groups -OCH3 is 1. The lowest BCUT2D eigenvalue weighted by atomic mass is 9.81. The monoisotopic (exact) mass is 526 g/mol. The summed E-state index contributed by atoms with van der Waals surface area (Å²) in [5.74, 6) is 0.645. The highest BCUT2D eigenvalue weighted by molar-refractivity contribution is 6.00. The first-order chi connectivity index (χ1) is 19.1. The van der Waals surface area contributed by atoms with E-state index in [1.165, 1.54) is 72.5 Å². The minimum atomic E-state index is -0.458. The molecule has 6 nitrogen and oxygen atoms in total. The summed E-state index contributed by atoms with van der Waals surface area (Å²) in [6.45, 7) is 5.39. The van der Waals surface area contributed by atoms with Gasteiger partial charge < -0.3 is 18.9 Å². The van der Waals surface area contributed by atoms with E-state index in [1.807, 2.05) is 17.0 Å². The lowest BCUT2D eigenvalue weighted by Crippen LogP contribution is -2.45. The molecule has 2 aliphatic heterocycles. The van der Waals surface area contributed by atoms with Crippen molar-refractivity contribution in [3.8, 4) is 11.3 Å². The highest BCUT2D eigenvalue weighted by Crippen LogP contribution is 2.66. The zero-order valence-electron chi connectivity index (χ0n) is 23.1. The lowest BCUT2D eigenvalue weighted by molar-refractivity contribution is -0.141. The van der Waals surface area contributed by atoms with Crippen molar-refractivity contribution in [2.24, 2.45) is 5.41 Å². The fourth-order valence-corrected chi connectivity index (χ4v) is 7.77. The summed E-state index contributed by atoms with van der Waals surface area (Å²) >= 11 is 0. The summed E-state index contributed by atoms with van der Waals surface area (Å²) in [6.07, 6.45) is 8.03. The van der Waals surface area contributed by atoms with E-state index < -0.39 is 5.41 Å². The van der Waals surface area contributed by atoms with E-state index in [4.69, 9.17) is 9.47 Å². The van der Waals surface area contributed by atoms with E-state index in [0.717, 1.165) is 18.4 Å². The Labute approximate surface area is 230 Å². The normalized spacial score (nSPS) is 24.5. The van der Waals surface area contributed by atoms with Gasteiger partial charge in [0, 0.05) is 42.0 Å². The quantitative estimate of drug-likeness (QED) is 0.388. The van der Waals surface area contributed by atoms with Gasteiger partial charge in [-0.1, -0.05) is 50.5 Å². The van der Waals surface area contributed by atoms with Crippen LogP contribution in [0.1, 0.15) is 84.3 Å². The number of aryl methyl sites for hydroxylation is 1. The van der Waals surface area contributed by atoms with E-state index in [-0.39, 0.29) is 17.8 Å². The van der Waals surface area contributed by atoms with Gasteiger partial charge in [-0.3, -0.25) is 4.79 Å². The number of morpholine rings is 1. The maximum atomic E-state index is 14.3. The van der Waals surface area contributed by atoms with Gasteiger partial charge in [-0.05, 0) is 60.4 Å². The molecule has 0 bridgehead atoms. The number of nitrogens with zero attached hydrogens (tertiary/aromatic N) is 2. The average Bonchev–Trinajstić information content (AvgIpc) is 3.67. The topological polar surface area (TPSA) is 60.8 Å². The van der Waals surface area contributed by atoms with Crippen molar-refractivity contribution in [2.75, 3.05) is 33.4 Å². The third kappa shape index (κ3) is 3.86. The van der Waals surface area contributed by atoms with E-state index in [9.17, 15) is 9.59 Å². The molecule has 0 spiro atoms. The molecule has 3 aromatic rings. The molecule has 2 unspecified atom stereocenters. The van der Waals surface area contributed by atoms with E-state index in [2.05, 4.69) is 35.8 Å².